The standard InChI is InChI=1S/C24H28ClN3O/c1-3-5-15-27(16-6-4-2)24-26-22(17-19-11-8-7-9-12-19)23(29)28(24)21-14-10-13-20(25)18-21/h7-14,17-18H,3-6,15-16H2,1-2H3/b22-17+. The highest BCUT2D eigenvalue weighted by atomic mass is 35.5. The lowest BCUT2D eigenvalue weighted by molar-refractivity contribution is -0.113. The Balaban J connectivity index is 2.03. The predicted molar refractivity (Wildman–Crippen MR) is 122 cm³/mol. The van der Waals surface area contributed by atoms with Crippen molar-refractivity contribution in [1.29, 1.82) is 0 Å². The molecule has 0 aliphatic carbocycles. The summed E-state index contributed by atoms with van der Waals surface area (Å²) >= 11 is 6.23. The van der Waals surface area contributed by atoms with Gasteiger partial charge in [0, 0.05) is 18.1 Å². The largest absolute Gasteiger partial charge is 0.342 e. The Bertz CT molecular complexity index is 884. The first-order valence-corrected chi connectivity index (χ1v) is 10.7. The van der Waals surface area contributed by atoms with Crippen molar-refractivity contribution in [2.75, 3.05) is 18.0 Å². The van der Waals surface area contributed by atoms with Gasteiger partial charge < -0.3 is 4.90 Å². The highest BCUT2D eigenvalue weighted by molar-refractivity contribution is 6.32. The van der Waals surface area contributed by atoms with Gasteiger partial charge in [-0.3, -0.25) is 4.79 Å². The average Bonchev–Trinajstić information content (AvgIpc) is 3.05. The summed E-state index contributed by atoms with van der Waals surface area (Å²) in [5.74, 6) is 0.575. The highest BCUT2D eigenvalue weighted by Gasteiger charge is 2.34. The lowest BCUT2D eigenvalue weighted by Gasteiger charge is -2.29. The van der Waals surface area contributed by atoms with Crippen LogP contribution in [0.25, 0.3) is 6.08 Å². The molecule has 1 aliphatic rings. The summed E-state index contributed by atoms with van der Waals surface area (Å²) in [6, 6.07) is 17.2. The third kappa shape index (κ3) is 5.27. The molecule has 0 radical (unpaired) electrons. The minimum Gasteiger partial charge on any atom is -0.342 e. The maximum absolute atomic E-state index is 13.4. The van der Waals surface area contributed by atoms with Crippen LogP contribution in [0.5, 0.6) is 0 Å². The molecule has 1 aliphatic heterocycles. The number of nitrogens with zero attached hydrogens (tertiary/aromatic N) is 3. The zero-order valence-corrected chi connectivity index (χ0v) is 17.9. The number of guanidine groups is 1. The topological polar surface area (TPSA) is 35.9 Å². The van der Waals surface area contributed by atoms with Gasteiger partial charge in [0.1, 0.15) is 5.70 Å². The Morgan fingerprint density at radius 1 is 1.00 bits per heavy atom. The molecule has 4 nitrogen and oxygen atoms in total. The predicted octanol–water partition coefficient (Wildman–Crippen LogP) is 5.99. The van der Waals surface area contributed by atoms with Crippen molar-refractivity contribution in [3.63, 3.8) is 0 Å². The molecule has 0 N–H and O–H groups in total. The van der Waals surface area contributed by atoms with Crippen molar-refractivity contribution < 1.29 is 4.79 Å². The van der Waals surface area contributed by atoms with Crippen LogP contribution in [0.1, 0.15) is 45.1 Å². The average molecular weight is 410 g/mol. The van der Waals surface area contributed by atoms with Gasteiger partial charge in [0.15, 0.2) is 0 Å². The number of hydrogen-bond acceptors (Lipinski definition) is 3. The van der Waals surface area contributed by atoms with E-state index in [1.165, 1.54) is 0 Å². The Morgan fingerprint density at radius 3 is 2.31 bits per heavy atom. The molecule has 0 spiro atoms. The maximum atomic E-state index is 13.4. The third-order valence-corrected chi connectivity index (χ3v) is 5.09. The molecular formula is C24H28ClN3O. The molecule has 0 saturated carbocycles. The van der Waals surface area contributed by atoms with Crippen molar-refractivity contribution in [3.8, 4) is 0 Å². The highest BCUT2D eigenvalue weighted by Crippen LogP contribution is 2.28. The van der Waals surface area contributed by atoms with E-state index in [0.717, 1.165) is 50.0 Å². The van der Waals surface area contributed by atoms with Gasteiger partial charge >= 0.3 is 0 Å². The molecule has 0 atom stereocenters. The Labute approximate surface area is 178 Å². The van der Waals surface area contributed by atoms with Crippen molar-refractivity contribution >= 4 is 35.2 Å². The van der Waals surface area contributed by atoms with E-state index < -0.39 is 0 Å². The summed E-state index contributed by atoms with van der Waals surface area (Å²) in [7, 11) is 0. The monoisotopic (exact) mass is 409 g/mol. The Morgan fingerprint density at radius 2 is 1.69 bits per heavy atom. The van der Waals surface area contributed by atoms with Crippen molar-refractivity contribution in [1.82, 2.24) is 4.90 Å². The Hall–Kier alpha value is -2.59. The second kappa shape index (κ2) is 10.3. The SMILES string of the molecule is CCCCN(CCCC)C1=N/C(=C/c2ccccc2)C(=O)N1c1cccc(Cl)c1. The fraction of sp³-hybridized carbons (Fsp3) is 0.333. The van der Waals surface area contributed by atoms with E-state index >= 15 is 0 Å². The van der Waals surface area contributed by atoms with Crippen LogP contribution in [0.3, 0.4) is 0 Å². The first-order chi connectivity index (χ1) is 14.1. The molecule has 1 heterocycles. The molecule has 0 unspecified atom stereocenters. The van der Waals surface area contributed by atoms with Gasteiger partial charge in [-0.15, -0.1) is 0 Å². The summed E-state index contributed by atoms with van der Waals surface area (Å²) in [5.41, 5.74) is 2.15. The van der Waals surface area contributed by atoms with Crippen molar-refractivity contribution in [3.05, 3.63) is 70.9 Å². The first kappa shape index (κ1) is 21.1. The summed E-state index contributed by atoms with van der Waals surface area (Å²) in [6.07, 6.45) is 6.14. The fourth-order valence-electron chi connectivity index (χ4n) is 3.28. The van der Waals surface area contributed by atoms with Gasteiger partial charge in [-0.2, -0.15) is 0 Å². The number of hydrogen-bond donors (Lipinski definition) is 0. The summed E-state index contributed by atoms with van der Waals surface area (Å²) in [4.78, 5) is 22.1. The number of amides is 1. The lowest BCUT2D eigenvalue weighted by atomic mass is 10.2. The normalized spacial score (nSPS) is 15.1. The summed E-state index contributed by atoms with van der Waals surface area (Å²) in [5, 5.41) is 0.601. The lowest BCUT2D eigenvalue weighted by Crippen LogP contribution is -2.45. The number of benzene rings is 2. The number of rotatable bonds is 8. The minimum atomic E-state index is -0.121. The van der Waals surface area contributed by atoms with Crippen LogP contribution in [-0.4, -0.2) is 29.9 Å². The molecule has 5 heteroatoms. The smallest absolute Gasteiger partial charge is 0.283 e. The van der Waals surface area contributed by atoms with E-state index in [0.29, 0.717) is 16.7 Å². The number of halogens is 1. The number of carbonyl (C=O) groups excluding carboxylic acids is 1. The number of unbranched alkanes of at least 4 members (excludes halogenated alkanes) is 2. The van der Waals surface area contributed by atoms with Crippen LogP contribution in [0.4, 0.5) is 5.69 Å². The van der Waals surface area contributed by atoms with Gasteiger partial charge in [0.05, 0.1) is 5.69 Å². The van der Waals surface area contributed by atoms with Crippen LogP contribution in [0.2, 0.25) is 5.02 Å². The van der Waals surface area contributed by atoms with Crippen LogP contribution >= 0.6 is 11.6 Å². The fourth-order valence-corrected chi connectivity index (χ4v) is 3.47. The van der Waals surface area contributed by atoms with Crippen molar-refractivity contribution in [2.45, 2.75) is 39.5 Å². The van der Waals surface area contributed by atoms with Crippen LogP contribution < -0.4 is 4.90 Å². The van der Waals surface area contributed by atoms with Gasteiger partial charge in [0.25, 0.3) is 5.91 Å². The summed E-state index contributed by atoms with van der Waals surface area (Å²) < 4.78 is 0. The maximum Gasteiger partial charge on any atom is 0.283 e. The van der Waals surface area contributed by atoms with Gasteiger partial charge in [-0.25, -0.2) is 9.89 Å². The number of aliphatic imine (C=N–C) groups is 1. The second-order valence-electron chi connectivity index (χ2n) is 7.17. The quantitative estimate of drug-likeness (QED) is 0.502. The van der Waals surface area contributed by atoms with Crippen LogP contribution in [-0.2, 0) is 4.79 Å². The van der Waals surface area contributed by atoms with E-state index in [1.54, 1.807) is 4.90 Å². The van der Waals surface area contributed by atoms with Crippen molar-refractivity contribution in [2.24, 2.45) is 4.99 Å². The molecule has 3 rings (SSSR count). The molecule has 0 saturated heterocycles. The molecular weight excluding hydrogens is 382 g/mol. The van der Waals surface area contributed by atoms with Gasteiger partial charge in [-0.1, -0.05) is 74.7 Å². The number of carbonyl (C=O) groups is 1. The zero-order valence-electron chi connectivity index (χ0n) is 17.1. The molecule has 152 valence electrons. The third-order valence-electron chi connectivity index (χ3n) is 4.86. The van der Waals surface area contributed by atoms with E-state index in [-0.39, 0.29) is 5.91 Å². The molecule has 2 aromatic rings. The van der Waals surface area contributed by atoms with E-state index in [4.69, 9.17) is 16.6 Å². The molecule has 29 heavy (non-hydrogen) atoms. The van der Waals surface area contributed by atoms with Crippen LogP contribution in [0, 0.1) is 0 Å². The van der Waals surface area contributed by atoms with E-state index in [1.807, 2.05) is 60.7 Å². The number of anilines is 1. The molecule has 0 aromatic heterocycles. The summed E-state index contributed by atoms with van der Waals surface area (Å²) in [6.45, 7) is 6.10. The van der Waals surface area contributed by atoms with Gasteiger partial charge in [0.2, 0.25) is 5.96 Å². The minimum absolute atomic E-state index is 0.121. The molecule has 2 aromatic carbocycles. The van der Waals surface area contributed by atoms with E-state index in [9.17, 15) is 4.79 Å². The van der Waals surface area contributed by atoms with Crippen LogP contribution in [0.15, 0.2) is 65.3 Å². The molecule has 0 fully saturated rings. The molecule has 1 amide bonds. The second-order valence-corrected chi connectivity index (χ2v) is 7.60. The van der Waals surface area contributed by atoms with E-state index in [2.05, 4.69) is 18.7 Å². The molecule has 0 bridgehead atoms. The first-order valence-electron chi connectivity index (χ1n) is 10.3. The Kier molecular flexibility index (Phi) is 7.48. The van der Waals surface area contributed by atoms with Gasteiger partial charge in [-0.05, 0) is 42.7 Å². The zero-order chi connectivity index (χ0) is 20.6.